The van der Waals surface area contributed by atoms with E-state index >= 15 is 0 Å². The molecule has 118 valence electrons. The Bertz CT molecular complexity index is 563. The smallest absolute Gasteiger partial charge is 0.241 e. The van der Waals surface area contributed by atoms with E-state index < -0.39 is 16.1 Å². The van der Waals surface area contributed by atoms with Crippen LogP contribution in [0.1, 0.15) is 39.2 Å². The van der Waals surface area contributed by atoms with E-state index in [1.807, 2.05) is 20.8 Å². The summed E-state index contributed by atoms with van der Waals surface area (Å²) in [6, 6.07) is 5.78. The summed E-state index contributed by atoms with van der Waals surface area (Å²) < 4.78 is 26.8. The summed E-state index contributed by atoms with van der Waals surface area (Å²) in [5, 5.41) is 2.83. The molecule has 6 heteroatoms. The largest absolute Gasteiger partial charge is 0.352 e. The molecule has 0 aromatic heterocycles. The van der Waals surface area contributed by atoms with Crippen molar-refractivity contribution in [2.45, 2.75) is 57.5 Å². The van der Waals surface area contributed by atoms with Gasteiger partial charge in [-0.1, -0.05) is 31.5 Å². The highest BCUT2D eigenvalue weighted by Gasteiger charge is 2.22. The van der Waals surface area contributed by atoms with Gasteiger partial charge in [0, 0.05) is 6.04 Å². The van der Waals surface area contributed by atoms with Crippen LogP contribution in [0.2, 0.25) is 0 Å². The van der Waals surface area contributed by atoms with Gasteiger partial charge in [0.15, 0.2) is 0 Å². The summed E-state index contributed by atoms with van der Waals surface area (Å²) in [6.45, 7) is 7.39. The SMILES string of the molecule is CCC(CC)NC(=O)C(C)NS(=O)(=O)c1ccc(C)cc1. The number of sulfonamides is 1. The number of amides is 1. The molecular weight excluding hydrogens is 288 g/mol. The van der Waals surface area contributed by atoms with Gasteiger partial charge in [0.2, 0.25) is 15.9 Å². The van der Waals surface area contributed by atoms with Crippen LogP contribution in [0.3, 0.4) is 0 Å². The van der Waals surface area contributed by atoms with Gasteiger partial charge in [0.25, 0.3) is 0 Å². The fourth-order valence-electron chi connectivity index (χ4n) is 1.89. The number of carbonyl (C=O) groups excluding carboxylic acids is 1. The Hall–Kier alpha value is -1.40. The summed E-state index contributed by atoms with van der Waals surface area (Å²) in [7, 11) is -3.68. The second kappa shape index (κ2) is 7.56. The lowest BCUT2D eigenvalue weighted by molar-refractivity contribution is -0.123. The minimum Gasteiger partial charge on any atom is -0.352 e. The molecule has 0 aliphatic heterocycles. The molecule has 0 fully saturated rings. The van der Waals surface area contributed by atoms with E-state index in [0.717, 1.165) is 18.4 Å². The van der Waals surface area contributed by atoms with Gasteiger partial charge >= 0.3 is 0 Å². The van der Waals surface area contributed by atoms with Crippen LogP contribution in [-0.4, -0.2) is 26.4 Å². The van der Waals surface area contributed by atoms with Gasteiger partial charge in [-0.3, -0.25) is 4.79 Å². The van der Waals surface area contributed by atoms with Crippen molar-refractivity contribution in [3.8, 4) is 0 Å². The molecular formula is C15H24N2O3S. The van der Waals surface area contributed by atoms with Crippen LogP contribution in [0.4, 0.5) is 0 Å². The highest BCUT2D eigenvalue weighted by molar-refractivity contribution is 7.89. The maximum absolute atomic E-state index is 12.2. The van der Waals surface area contributed by atoms with Gasteiger partial charge in [0.05, 0.1) is 10.9 Å². The van der Waals surface area contributed by atoms with Gasteiger partial charge in [0.1, 0.15) is 0 Å². The zero-order valence-corrected chi connectivity index (χ0v) is 13.8. The lowest BCUT2D eigenvalue weighted by atomic mass is 10.1. The predicted molar refractivity (Wildman–Crippen MR) is 83.5 cm³/mol. The van der Waals surface area contributed by atoms with E-state index in [0.29, 0.717) is 0 Å². The molecule has 1 aromatic rings. The van der Waals surface area contributed by atoms with Gasteiger partial charge in [-0.15, -0.1) is 0 Å². The number of aryl methyl sites for hydroxylation is 1. The highest BCUT2D eigenvalue weighted by Crippen LogP contribution is 2.10. The summed E-state index contributed by atoms with van der Waals surface area (Å²) in [6.07, 6.45) is 1.64. The molecule has 0 saturated carbocycles. The molecule has 0 bridgehead atoms. The molecule has 5 nitrogen and oxygen atoms in total. The Labute approximate surface area is 127 Å². The molecule has 0 saturated heterocycles. The number of benzene rings is 1. The first-order valence-electron chi connectivity index (χ1n) is 7.19. The number of hydrogen-bond acceptors (Lipinski definition) is 3. The lowest BCUT2D eigenvalue weighted by Crippen LogP contribution is -2.47. The number of carbonyl (C=O) groups is 1. The summed E-state index contributed by atoms with van der Waals surface area (Å²) >= 11 is 0. The van der Waals surface area contributed by atoms with Crippen LogP contribution in [0.5, 0.6) is 0 Å². The molecule has 1 atom stereocenters. The topological polar surface area (TPSA) is 75.3 Å². The molecule has 0 aliphatic carbocycles. The van der Waals surface area contributed by atoms with Crippen molar-refractivity contribution in [2.24, 2.45) is 0 Å². The predicted octanol–water partition coefficient (Wildman–Crippen LogP) is 1.97. The van der Waals surface area contributed by atoms with Crippen LogP contribution < -0.4 is 10.0 Å². The number of hydrogen-bond donors (Lipinski definition) is 2. The molecule has 0 aliphatic rings. The molecule has 21 heavy (non-hydrogen) atoms. The third-order valence-corrected chi connectivity index (χ3v) is 4.95. The molecule has 2 N–H and O–H groups in total. The van der Waals surface area contributed by atoms with Gasteiger partial charge in [-0.25, -0.2) is 8.42 Å². The van der Waals surface area contributed by atoms with E-state index in [1.54, 1.807) is 19.1 Å². The average Bonchev–Trinajstić information content (AvgIpc) is 2.44. The molecule has 1 rings (SSSR count). The summed E-state index contributed by atoms with van der Waals surface area (Å²) in [4.78, 5) is 12.2. The molecule has 1 unspecified atom stereocenters. The van der Waals surface area contributed by atoms with E-state index in [-0.39, 0.29) is 16.8 Å². The van der Waals surface area contributed by atoms with Crippen LogP contribution in [0.15, 0.2) is 29.2 Å². The average molecular weight is 312 g/mol. The second-order valence-electron chi connectivity index (χ2n) is 5.18. The lowest BCUT2D eigenvalue weighted by Gasteiger charge is -2.19. The first-order valence-corrected chi connectivity index (χ1v) is 8.67. The van der Waals surface area contributed by atoms with Gasteiger partial charge in [-0.2, -0.15) is 4.72 Å². The Balaban J connectivity index is 2.74. The molecule has 0 radical (unpaired) electrons. The van der Waals surface area contributed by atoms with Crippen molar-refractivity contribution in [1.82, 2.24) is 10.0 Å². The zero-order chi connectivity index (χ0) is 16.0. The Morgan fingerprint density at radius 2 is 1.67 bits per heavy atom. The third-order valence-electron chi connectivity index (χ3n) is 3.39. The molecule has 1 aromatic carbocycles. The van der Waals surface area contributed by atoms with Crippen molar-refractivity contribution < 1.29 is 13.2 Å². The van der Waals surface area contributed by atoms with Crippen LogP contribution >= 0.6 is 0 Å². The molecule has 0 spiro atoms. The monoisotopic (exact) mass is 312 g/mol. The first kappa shape index (κ1) is 17.7. The number of nitrogens with one attached hydrogen (secondary N) is 2. The maximum Gasteiger partial charge on any atom is 0.241 e. The van der Waals surface area contributed by atoms with Crippen molar-refractivity contribution in [3.63, 3.8) is 0 Å². The van der Waals surface area contributed by atoms with Crippen molar-refractivity contribution in [2.75, 3.05) is 0 Å². The van der Waals surface area contributed by atoms with Crippen LogP contribution in [-0.2, 0) is 14.8 Å². The van der Waals surface area contributed by atoms with Gasteiger partial charge in [-0.05, 0) is 38.8 Å². The quantitative estimate of drug-likeness (QED) is 0.808. The molecule has 1 amide bonds. The number of rotatable bonds is 7. The standard InChI is InChI=1S/C15H24N2O3S/c1-5-13(6-2)16-15(18)12(4)17-21(19,20)14-9-7-11(3)8-10-14/h7-10,12-13,17H,5-6H2,1-4H3,(H,16,18). The van der Waals surface area contributed by atoms with E-state index in [1.165, 1.54) is 12.1 Å². The second-order valence-corrected chi connectivity index (χ2v) is 6.89. The van der Waals surface area contributed by atoms with Crippen molar-refractivity contribution in [1.29, 1.82) is 0 Å². The van der Waals surface area contributed by atoms with Crippen LogP contribution in [0, 0.1) is 6.92 Å². The van der Waals surface area contributed by atoms with Crippen molar-refractivity contribution >= 4 is 15.9 Å². The van der Waals surface area contributed by atoms with E-state index in [9.17, 15) is 13.2 Å². The van der Waals surface area contributed by atoms with Crippen molar-refractivity contribution in [3.05, 3.63) is 29.8 Å². The Kier molecular flexibility index (Phi) is 6.36. The Morgan fingerprint density at radius 3 is 2.14 bits per heavy atom. The minimum absolute atomic E-state index is 0.0730. The highest BCUT2D eigenvalue weighted by atomic mass is 32.2. The minimum atomic E-state index is -3.68. The fraction of sp³-hybridized carbons (Fsp3) is 0.533. The summed E-state index contributed by atoms with van der Waals surface area (Å²) in [5.41, 5.74) is 0.980. The summed E-state index contributed by atoms with van der Waals surface area (Å²) in [5.74, 6) is -0.306. The van der Waals surface area contributed by atoms with Crippen LogP contribution in [0.25, 0.3) is 0 Å². The zero-order valence-electron chi connectivity index (χ0n) is 13.0. The Morgan fingerprint density at radius 1 is 1.14 bits per heavy atom. The maximum atomic E-state index is 12.2. The van der Waals surface area contributed by atoms with E-state index in [2.05, 4.69) is 10.0 Å². The van der Waals surface area contributed by atoms with Gasteiger partial charge < -0.3 is 5.32 Å². The van der Waals surface area contributed by atoms with E-state index in [4.69, 9.17) is 0 Å². The third kappa shape index (κ3) is 5.13. The fourth-order valence-corrected chi connectivity index (χ4v) is 3.09. The first-order chi connectivity index (χ1) is 9.80. The molecule has 0 heterocycles. The normalized spacial score (nSPS) is 13.2.